The zero-order chi connectivity index (χ0) is 8.49. The largest absolute Gasteiger partial charge is 0.0882 e. The molecule has 0 atom stereocenters. The minimum atomic E-state index is 1.09. The maximum absolute atomic E-state index is 2.30. The molecule has 12 heavy (non-hydrogen) atoms. The summed E-state index contributed by atoms with van der Waals surface area (Å²) in [6.45, 7) is 0. The second-order valence-electron chi connectivity index (χ2n) is 3.20. The highest BCUT2D eigenvalue weighted by molar-refractivity contribution is 5.05. The first-order chi connectivity index (χ1) is 6.00. The Balaban J connectivity index is 2.31. The average Bonchev–Trinajstić information content (AvgIpc) is 2.05. The maximum Gasteiger partial charge on any atom is -0.0166 e. The van der Waals surface area contributed by atoms with Gasteiger partial charge >= 0.3 is 0 Å². The van der Waals surface area contributed by atoms with Crippen molar-refractivity contribution < 1.29 is 0 Å². The van der Waals surface area contributed by atoms with Crippen molar-refractivity contribution in [1.29, 1.82) is 0 Å². The van der Waals surface area contributed by atoms with E-state index in [2.05, 4.69) is 36.5 Å². The predicted octanol–water partition coefficient (Wildman–Crippen LogP) is 4.01. The molecule has 0 amide bonds. The van der Waals surface area contributed by atoms with Crippen LogP contribution >= 0.6 is 0 Å². The van der Waals surface area contributed by atoms with Crippen LogP contribution in [0.15, 0.2) is 36.5 Å². The fraction of sp³-hybridized carbons (Fsp3) is 0.500. The van der Waals surface area contributed by atoms with Crippen LogP contribution in [0.1, 0.15) is 38.5 Å². The molecule has 0 heterocycles. The molecule has 66 valence electrons. The van der Waals surface area contributed by atoms with Gasteiger partial charge in [0.2, 0.25) is 0 Å². The van der Waals surface area contributed by atoms with Crippen LogP contribution in [-0.2, 0) is 0 Å². The van der Waals surface area contributed by atoms with E-state index in [1.807, 2.05) is 0 Å². The number of hydrogen-bond acceptors (Lipinski definition) is 0. The molecule has 0 unspecified atom stereocenters. The molecule has 0 N–H and O–H groups in total. The van der Waals surface area contributed by atoms with Gasteiger partial charge in [0.05, 0.1) is 0 Å². The molecule has 0 fully saturated rings. The Bertz CT molecular complexity index is 172. The standard InChI is InChI=1S/C12H18/c1-2-4-6-8-10-12-11-9-7-5-3-1/h1-4,7,9H,5-6,8,10-12H2/b3-1+,4-2-,9-7+. The highest BCUT2D eigenvalue weighted by Gasteiger charge is 1.85. The van der Waals surface area contributed by atoms with Crippen molar-refractivity contribution in [2.24, 2.45) is 0 Å². The molecule has 0 aromatic rings. The van der Waals surface area contributed by atoms with E-state index < -0.39 is 0 Å². The van der Waals surface area contributed by atoms with E-state index in [4.69, 9.17) is 0 Å². The van der Waals surface area contributed by atoms with Crippen LogP contribution in [0, 0.1) is 0 Å². The second kappa shape index (κ2) is 6.90. The summed E-state index contributed by atoms with van der Waals surface area (Å²) in [5.41, 5.74) is 0. The molecule has 0 bridgehead atoms. The van der Waals surface area contributed by atoms with Gasteiger partial charge in [0, 0.05) is 0 Å². The fourth-order valence-electron chi connectivity index (χ4n) is 1.33. The van der Waals surface area contributed by atoms with Gasteiger partial charge in [-0.15, -0.1) is 0 Å². The summed E-state index contributed by atoms with van der Waals surface area (Å²) >= 11 is 0. The van der Waals surface area contributed by atoms with Crippen molar-refractivity contribution in [3.63, 3.8) is 0 Å². The minimum absolute atomic E-state index is 1.09. The lowest BCUT2D eigenvalue weighted by Gasteiger charge is -1.95. The maximum atomic E-state index is 2.30. The molecular weight excluding hydrogens is 144 g/mol. The lowest BCUT2D eigenvalue weighted by Crippen LogP contribution is -1.75. The summed E-state index contributed by atoms with van der Waals surface area (Å²) in [6, 6.07) is 0. The predicted molar refractivity (Wildman–Crippen MR) is 55.1 cm³/mol. The molecular formula is C12H18. The lowest BCUT2D eigenvalue weighted by molar-refractivity contribution is 0.695. The van der Waals surface area contributed by atoms with Crippen LogP contribution in [0.3, 0.4) is 0 Å². The number of allylic oxidation sites excluding steroid dienone is 6. The van der Waals surface area contributed by atoms with Gasteiger partial charge in [-0.2, -0.15) is 0 Å². The van der Waals surface area contributed by atoms with Gasteiger partial charge in [0.25, 0.3) is 0 Å². The van der Waals surface area contributed by atoms with E-state index in [9.17, 15) is 0 Å². The summed E-state index contributed by atoms with van der Waals surface area (Å²) in [4.78, 5) is 0. The van der Waals surface area contributed by atoms with Crippen molar-refractivity contribution in [3.8, 4) is 0 Å². The van der Waals surface area contributed by atoms with Gasteiger partial charge < -0.3 is 0 Å². The highest BCUT2D eigenvalue weighted by Crippen LogP contribution is 2.05. The molecule has 1 aliphatic carbocycles. The van der Waals surface area contributed by atoms with Crippen LogP contribution < -0.4 is 0 Å². The zero-order valence-electron chi connectivity index (χ0n) is 7.71. The van der Waals surface area contributed by atoms with Crippen molar-refractivity contribution in [2.75, 3.05) is 0 Å². The first kappa shape index (κ1) is 9.31. The molecule has 0 heteroatoms. The summed E-state index contributed by atoms with van der Waals surface area (Å²) in [7, 11) is 0. The Hall–Kier alpha value is -0.780. The lowest BCUT2D eigenvalue weighted by atomic mass is 10.1. The van der Waals surface area contributed by atoms with E-state index in [-0.39, 0.29) is 0 Å². The van der Waals surface area contributed by atoms with E-state index in [1.54, 1.807) is 0 Å². The number of hydrogen-bond donors (Lipinski definition) is 0. The van der Waals surface area contributed by atoms with Crippen LogP contribution in [0.4, 0.5) is 0 Å². The van der Waals surface area contributed by atoms with Gasteiger partial charge in [0.1, 0.15) is 0 Å². The molecule has 0 spiro atoms. The molecule has 0 saturated heterocycles. The van der Waals surface area contributed by atoms with E-state index >= 15 is 0 Å². The van der Waals surface area contributed by atoms with Gasteiger partial charge in [-0.05, 0) is 32.1 Å². The SMILES string of the molecule is C1=C\CCCCC/C=C/C/C=C/1. The average molecular weight is 162 g/mol. The van der Waals surface area contributed by atoms with E-state index in [0.29, 0.717) is 0 Å². The van der Waals surface area contributed by atoms with Crippen molar-refractivity contribution in [1.82, 2.24) is 0 Å². The van der Waals surface area contributed by atoms with Crippen LogP contribution in [-0.4, -0.2) is 0 Å². The molecule has 0 saturated carbocycles. The van der Waals surface area contributed by atoms with Gasteiger partial charge in [0.15, 0.2) is 0 Å². The van der Waals surface area contributed by atoms with Crippen LogP contribution in [0.25, 0.3) is 0 Å². The normalized spacial score (nSPS) is 28.0. The third-order valence-corrected chi connectivity index (χ3v) is 2.06. The Morgan fingerprint density at radius 3 is 2.25 bits per heavy atom. The topological polar surface area (TPSA) is 0 Å². The van der Waals surface area contributed by atoms with E-state index in [0.717, 1.165) is 6.42 Å². The quantitative estimate of drug-likeness (QED) is 0.472. The third-order valence-electron chi connectivity index (χ3n) is 2.06. The molecule has 0 radical (unpaired) electrons. The Morgan fingerprint density at radius 2 is 1.33 bits per heavy atom. The zero-order valence-corrected chi connectivity index (χ0v) is 7.71. The van der Waals surface area contributed by atoms with Crippen LogP contribution in [0.2, 0.25) is 0 Å². The molecule has 1 aliphatic rings. The first-order valence-electron chi connectivity index (χ1n) is 4.97. The van der Waals surface area contributed by atoms with Gasteiger partial charge in [-0.25, -0.2) is 0 Å². The smallest absolute Gasteiger partial charge is 0.0166 e. The van der Waals surface area contributed by atoms with Crippen molar-refractivity contribution in [2.45, 2.75) is 38.5 Å². The minimum Gasteiger partial charge on any atom is -0.0882 e. The first-order valence-corrected chi connectivity index (χ1v) is 4.97. The summed E-state index contributed by atoms with van der Waals surface area (Å²) < 4.78 is 0. The second-order valence-corrected chi connectivity index (χ2v) is 3.20. The van der Waals surface area contributed by atoms with Gasteiger partial charge in [-0.1, -0.05) is 42.9 Å². The Kier molecular flexibility index (Phi) is 5.35. The highest BCUT2D eigenvalue weighted by atomic mass is 13.9. The molecule has 1 rings (SSSR count). The number of rotatable bonds is 0. The molecule has 0 nitrogen and oxygen atoms in total. The summed E-state index contributed by atoms with van der Waals surface area (Å²) in [5, 5.41) is 0. The van der Waals surface area contributed by atoms with Gasteiger partial charge in [-0.3, -0.25) is 0 Å². The third kappa shape index (κ3) is 4.95. The Morgan fingerprint density at radius 1 is 0.583 bits per heavy atom. The van der Waals surface area contributed by atoms with E-state index in [1.165, 1.54) is 32.1 Å². The summed E-state index contributed by atoms with van der Waals surface area (Å²) in [6.07, 6.45) is 21.0. The Labute approximate surface area is 75.7 Å². The van der Waals surface area contributed by atoms with Crippen LogP contribution in [0.5, 0.6) is 0 Å². The monoisotopic (exact) mass is 162 g/mol. The van der Waals surface area contributed by atoms with Crippen molar-refractivity contribution in [3.05, 3.63) is 36.5 Å². The molecule has 0 aromatic heterocycles. The van der Waals surface area contributed by atoms with Crippen molar-refractivity contribution >= 4 is 0 Å². The molecule has 0 aromatic carbocycles. The fourth-order valence-corrected chi connectivity index (χ4v) is 1.33. The summed E-state index contributed by atoms with van der Waals surface area (Å²) in [5.74, 6) is 0. The molecule has 0 aliphatic heterocycles.